The SMILES string of the molecule is CCOc1cc(-c2ccc(N3CCN(C(=O)CC(O)CC(C)/C=C/c4cccc(OC)c4)CC3)nc2)c2c(C#N)cnn2c1. The summed E-state index contributed by atoms with van der Waals surface area (Å²) in [6.45, 7) is 6.92. The lowest BCUT2D eigenvalue weighted by Crippen LogP contribution is -2.49. The number of carbonyl (C=O) groups excluding carboxylic acids is 1. The van der Waals surface area contributed by atoms with Crippen molar-refractivity contribution in [2.24, 2.45) is 5.92 Å². The summed E-state index contributed by atoms with van der Waals surface area (Å²) >= 11 is 0. The van der Waals surface area contributed by atoms with Gasteiger partial charge in [-0.1, -0.05) is 31.2 Å². The van der Waals surface area contributed by atoms with Gasteiger partial charge in [-0.05, 0) is 55.2 Å². The summed E-state index contributed by atoms with van der Waals surface area (Å²) in [6.07, 6.45) is 9.11. The fourth-order valence-corrected chi connectivity index (χ4v) is 5.50. The Labute approximate surface area is 257 Å². The van der Waals surface area contributed by atoms with Crippen LogP contribution in [0.5, 0.6) is 11.5 Å². The Morgan fingerprint density at radius 2 is 1.95 bits per heavy atom. The summed E-state index contributed by atoms with van der Waals surface area (Å²) in [5.74, 6) is 2.37. The highest BCUT2D eigenvalue weighted by molar-refractivity contribution is 5.85. The first-order valence-electron chi connectivity index (χ1n) is 14.9. The number of nitrogens with zero attached hydrogens (tertiary/aromatic N) is 6. The predicted octanol–water partition coefficient (Wildman–Crippen LogP) is 4.81. The van der Waals surface area contributed by atoms with E-state index in [4.69, 9.17) is 14.5 Å². The molecule has 3 aromatic heterocycles. The molecule has 0 bridgehead atoms. The van der Waals surface area contributed by atoms with Crippen LogP contribution in [0.3, 0.4) is 0 Å². The molecule has 2 atom stereocenters. The average molecular weight is 595 g/mol. The molecule has 1 aromatic carbocycles. The second-order valence-electron chi connectivity index (χ2n) is 11.0. The molecule has 0 saturated carbocycles. The molecule has 0 aliphatic carbocycles. The molecule has 1 amide bonds. The number of fused-ring (bicyclic) bond motifs is 1. The molecule has 0 spiro atoms. The van der Waals surface area contributed by atoms with Gasteiger partial charge in [0.15, 0.2) is 0 Å². The zero-order valence-corrected chi connectivity index (χ0v) is 25.4. The maximum Gasteiger partial charge on any atom is 0.225 e. The Morgan fingerprint density at radius 1 is 1.14 bits per heavy atom. The van der Waals surface area contributed by atoms with Gasteiger partial charge in [0.25, 0.3) is 0 Å². The molecule has 10 nitrogen and oxygen atoms in total. The third-order valence-electron chi connectivity index (χ3n) is 7.80. The molecule has 44 heavy (non-hydrogen) atoms. The van der Waals surface area contributed by atoms with Crippen LogP contribution in [0.25, 0.3) is 22.7 Å². The number of rotatable bonds is 11. The van der Waals surface area contributed by atoms with Crippen molar-refractivity contribution in [3.05, 3.63) is 78.3 Å². The molecule has 5 rings (SSSR count). The number of hydrogen-bond acceptors (Lipinski definition) is 8. The maximum absolute atomic E-state index is 13.0. The molecule has 4 aromatic rings. The number of allylic oxidation sites excluding steroid dienone is 1. The van der Waals surface area contributed by atoms with E-state index in [0.717, 1.165) is 28.3 Å². The monoisotopic (exact) mass is 594 g/mol. The van der Waals surface area contributed by atoms with Gasteiger partial charge in [-0.15, -0.1) is 0 Å². The van der Waals surface area contributed by atoms with Gasteiger partial charge in [-0.25, -0.2) is 9.50 Å². The molecule has 4 heterocycles. The van der Waals surface area contributed by atoms with Gasteiger partial charge >= 0.3 is 0 Å². The molecule has 1 saturated heterocycles. The lowest BCUT2D eigenvalue weighted by atomic mass is 9.99. The van der Waals surface area contributed by atoms with Crippen LogP contribution in [0.15, 0.2) is 67.1 Å². The summed E-state index contributed by atoms with van der Waals surface area (Å²) < 4.78 is 12.7. The molecule has 1 N–H and O–H groups in total. The number of aliphatic hydroxyl groups is 1. The third kappa shape index (κ3) is 7.18. The van der Waals surface area contributed by atoms with Gasteiger partial charge in [-0.2, -0.15) is 10.4 Å². The van der Waals surface area contributed by atoms with E-state index in [9.17, 15) is 15.2 Å². The first-order valence-corrected chi connectivity index (χ1v) is 14.9. The first-order chi connectivity index (χ1) is 21.4. The molecule has 1 aliphatic heterocycles. The zero-order chi connectivity index (χ0) is 31.1. The molecule has 10 heteroatoms. The van der Waals surface area contributed by atoms with E-state index in [-0.39, 0.29) is 18.2 Å². The van der Waals surface area contributed by atoms with Crippen LogP contribution in [0, 0.1) is 17.2 Å². The number of nitriles is 1. The van der Waals surface area contributed by atoms with Crippen molar-refractivity contribution in [1.29, 1.82) is 5.26 Å². The smallest absolute Gasteiger partial charge is 0.225 e. The van der Waals surface area contributed by atoms with Crippen LogP contribution in [-0.2, 0) is 4.79 Å². The van der Waals surface area contributed by atoms with E-state index in [0.29, 0.717) is 56.0 Å². The Balaban J connectivity index is 1.15. The van der Waals surface area contributed by atoms with Crippen molar-refractivity contribution in [2.45, 2.75) is 32.8 Å². The van der Waals surface area contributed by atoms with Crippen LogP contribution < -0.4 is 14.4 Å². The molecular weight excluding hydrogens is 556 g/mol. The van der Waals surface area contributed by atoms with E-state index in [1.807, 2.05) is 67.3 Å². The highest BCUT2D eigenvalue weighted by atomic mass is 16.5. The maximum atomic E-state index is 13.0. The van der Waals surface area contributed by atoms with Crippen LogP contribution in [-0.4, -0.2) is 76.5 Å². The average Bonchev–Trinajstić information content (AvgIpc) is 3.47. The summed E-state index contributed by atoms with van der Waals surface area (Å²) in [6, 6.07) is 15.9. The summed E-state index contributed by atoms with van der Waals surface area (Å²) in [5.41, 5.74) is 3.90. The fourth-order valence-electron chi connectivity index (χ4n) is 5.50. The normalized spacial score (nSPS) is 14.9. The lowest BCUT2D eigenvalue weighted by molar-refractivity contribution is -0.133. The Kier molecular flexibility index (Phi) is 9.77. The van der Waals surface area contributed by atoms with E-state index < -0.39 is 6.10 Å². The first kappa shape index (κ1) is 30.6. The second-order valence-corrected chi connectivity index (χ2v) is 11.0. The molecule has 2 unspecified atom stereocenters. The highest BCUT2D eigenvalue weighted by Crippen LogP contribution is 2.31. The number of piperazine rings is 1. The summed E-state index contributed by atoms with van der Waals surface area (Å²) in [7, 11) is 1.64. The molecule has 0 radical (unpaired) electrons. The van der Waals surface area contributed by atoms with Gasteiger partial charge in [0.1, 0.15) is 23.4 Å². The quantitative estimate of drug-likeness (QED) is 0.263. The van der Waals surface area contributed by atoms with Crippen molar-refractivity contribution < 1.29 is 19.4 Å². The predicted molar refractivity (Wildman–Crippen MR) is 170 cm³/mol. The van der Waals surface area contributed by atoms with Gasteiger partial charge in [0, 0.05) is 43.5 Å². The standard InChI is InChI=1S/C34H38N6O4/c1-4-44-30-19-31(34-27(20-35)22-37-40(34)23-30)26-10-11-32(36-21-26)38-12-14-39(15-13-38)33(42)18-28(41)16-24(2)8-9-25-6-5-7-29(17-25)43-3/h5-11,17,19,21-24,28,41H,4,12-16,18H2,1-3H3/b9-8+. The molecule has 1 aliphatic rings. The van der Waals surface area contributed by atoms with Crippen LogP contribution in [0.2, 0.25) is 0 Å². The van der Waals surface area contributed by atoms with Crippen LogP contribution in [0.4, 0.5) is 5.82 Å². The zero-order valence-electron chi connectivity index (χ0n) is 25.4. The Bertz CT molecular complexity index is 1650. The number of methoxy groups -OCH3 is 1. The number of ether oxygens (including phenoxy) is 2. The van der Waals surface area contributed by atoms with Gasteiger partial charge in [0.2, 0.25) is 5.91 Å². The van der Waals surface area contributed by atoms with Crippen molar-refractivity contribution >= 4 is 23.3 Å². The number of pyridine rings is 2. The van der Waals surface area contributed by atoms with Crippen molar-refractivity contribution in [2.75, 3.05) is 44.8 Å². The minimum Gasteiger partial charge on any atom is -0.497 e. The topological polar surface area (TPSA) is 116 Å². The molecular formula is C34H38N6O4. The second kappa shape index (κ2) is 14.1. The fraction of sp³-hybridized carbons (Fsp3) is 0.353. The number of benzene rings is 1. The Hall–Kier alpha value is -4.88. The number of aliphatic hydroxyl groups excluding tert-OH is 1. The Morgan fingerprint density at radius 3 is 2.66 bits per heavy atom. The number of carbonyl (C=O) groups is 1. The lowest BCUT2D eigenvalue weighted by Gasteiger charge is -2.36. The minimum atomic E-state index is -0.704. The summed E-state index contributed by atoms with van der Waals surface area (Å²) in [5, 5.41) is 24.5. The third-order valence-corrected chi connectivity index (χ3v) is 7.80. The van der Waals surface area contributed by atoms with Crippen molar-refractivity contribution in [3.8, 4) is 28.7 Å². The highest BCUT2D eigenvalue weighted by Gasteiger charge is 2.24. The van der Waals surface area contributed by atoms with E-state index in [1.54, 1.807) is 30.2 Å². The van der Waals surface area contributed by atoms with Crippen molar-refractivity contribution in [3.63, 3.8) is 0 Å². The number of hydrogen-bond donors (Lipinski definition) is 1. The van der Waals surface area contributed by atoms with Gasteiger partial charge in [0.05, 0.1) is 49.7 Å². The van der Waals surface area contributed by atoms with Crippen LogP contribution in [0.1, 0.15) is 37.8 Å². The van der Waals surface area contributed by atoms with Gasteiger partial charge < -0.3 is 24.4 Å². The number of anilines is 1. The van der Waals surface area contributed by atoms with Crippen molar-refractivity contribution in [1.82, 2.24) is 19.5 Å². The van der Waals surface area contributed by atoms with Crippen LogP contribution >= 0.6 is 0 Å². The minimum absolute atomic E-state index is 0.0308. The largest absolute Gasteiger partial charge is 0.497 e. The molecule has 1 fully saturated rings. The molecule has 228 valence electrons. The van der Waals surface area contributed by atoms with E-state index >= 15 is 0 Å². The van der Waals surface area contributed by atoms with Gasteiger partial charge in [-0.3, -0.25) is 4.79 Å². The van der Waals surface area contributed by atoms with E-state index in [1.165, 1.54) is 0 Å². The number of amides is 1. The van der Waals surface area contributed by atoms with E-state index in [2.05, 4.69) is 22.1 Å². The number of aromatic nitrogens is 3. The summed E-state index contributed by atoms with van der Waals surface area (Å²) in [4.78, 5) is 21.6.